The first-order valence-corrected chi connectivity index (χ1v) is 8.23. The van der Waals surface area contributed by atoms with Gasteiger partial charge >= 0.3 is 6.18 Å². The molecule has 3 aromatic rings. The van der Waals surface area contributed by atoms with Crippen molar-refractivity contribution in [3.63, 3.8) is 0 Å². The van der Waals surface area contributed by atoms with Crippen molar-refractivity contribution in [3.8, 4) is 17.1 Å². The fraction of sp³-hybridized carbons (Fsp3) is 0.111. The van der Waals surface area contributed by atoms with Crippen LogP contribution in [0.2, 0.25) is 5.02 Å². The van der Waals surface area contributed by atoms with E-state index in [9.17, 15) is 18.0 Å². The number of carbonyl (C=O) groups is 1. The van der Waals surface area contributed by atoms with Gasteiger partial charge in [-0.25, -0.2) is 9.97 Å². The van der Waals surface area contributed by atoms with Gasteiger partial charge in [-0.15, -0.1) is 0 Å². The molecule has 0 radical (unpaired) electrons. The number of pyridine rings is 1. The standard InChI is InChI=1S/C18H12ClF3N4O2/c19-13-5-3-11(4-6-13)15-17(28-10-18(20,21)22)24-9-14(25-15)26-16(27)12-2-1-7-23-8-12/h1-9H,10H2,(H,25,26,27). The molecule has 1 aromatic carbocycles. The Bertz CT molecular complexity index is 967. The largest absolute Gasteiger partial charge is 0.466 e. The fourth-order valence-electron chi connectivity index (χ4n) is 2.18. The predicted molar refractivity (Wildman–Crippen MR) is 96.2 cm³/mol. The van der Waals surface area contributed by atoms with Gasteiger partial charge in [-0.05, 0) is 24.3 Å². The summed E-state index contributed by atoms with van der Waals surface area (Å²) in [6.45, 7) is -1.52. The summed E-state index contributed by atoms with van der Waals surface area (Å²) in [5.41, 5.74) is 0.742. The third-order valence-corrected chi connectivity index (χ3v) is 3.65. The number of rotatable bonds is 5. The number of aromatic nitrogens is 3. The van der Waals surface area contributed by atoms with Crippen LogP contribution < -0.4 is 10.1 Å². The Kier molecular flexibility index (Phi) is 5.74. The van der Waals surface area contributed by atoms with E-state index in [1.807, 2.05) is 0 Å². The fourth-order valence-corrected chi connectivity index (χ4v) is 2.30. The highest BCUT2D eigenvalue weighted by molar-refractivity contribution is 6.30. The van der Waals surface area contributed by atoms with Crippen LogP contribution in [0.25, 0.3) is 11.3 Å². The number of anilines is 1. The first-order valence-electron chi connectivity index (χ1n) is 7.86. The van der Waals surface area contributed by atoms with E-state index in [2.05, 4.69) is 20.3 Å². The Labute approximate surface area is 162 Å². The number of alkyl halides is 3. The molecular weight excluding hydrogens is 397 g/mol. The molecule has 0 saturated carbocycles. The molecule has 28 heavy (non-hydrogen) atoms. The zero-order valence-corrected chi connectivity index (χ0v) is 14.8. The normalized spacial score (nSPS) is 11.1. The lowest BCUT2D eigenvalue weighted by atomic mass is 10.1. The van der Waals surface area contributed by atoms with Crippen LogP contribution in [0.3, 0.4) is 0 Å². The van der Waals surface area contributed by atoms with Crippen LogP contribution in [-0.4, -0.2) is 33.6 Å². The first kappa shape index (κ1) is 19.6. The van der Waals surface area contributed by atoms with E-state index in [1.54, 1.807) is 36.4 Å². The summed E-state index contributed by atoms with van der Waals surface area (Å²) in [4.78, 5) is 24.1. The van der Waals surface area contributed by atoms with Gasteiger partial charge in [0, 0.05) is 23.0 Å². The highest BCUT2D eigenvalue weighted by Gasteiger charge is 2.29. The molecule has 0 aliphatic heterocycles. The molecule has 1 N–H and O–H groups in total. The molecule has 2 aromatic heterocycles. The minimum absolute atomic E-state index is 0.0323. The number of halogens is 4. The van der Waals surface area contributed by atoms with Crippen molar-refractivity contribution in [1.82, 2.24) is 15.0 Å². The molecular formula is C18H12ClF3N4O2. The Morgan fingerprint density at radius 1 is 1.14 bits per heavy atom. The summed E-state index contributed by atoms with van der Waals surface area (Å²) in [6, 6.07) is 9.35. The van der Waals surface area contributed by atoms with E-state index in [4.69, 9.17) is 16.3 Å². The molecule has 0 aliphatic rings. The monoisotopic (exact) mass is 408 g/mol. The Hall–Kier alpha value is -3.20. The van der Waals surface area contributed by atoms with Crippen LogP contribution in [0.4, 0.5) is 19.0 Å². The molecule has 0 unspecified atom stereocenters. The van der Waals surface area contributed by atoms with E-state index < -0.39 is 18.7 Å². The van der Waals surface area contributed by atoms with Crippen molar-refractivity contribution in [2.75, 3.05) is 11.9 Å². The number of carbonyl (C=O) groups excluding carboxylic acids is 1. The highest BCUT2D eigenvalue weighted by atomic mass is 35.5. The van der Waals surface area contributed by atoms with Gasteiger partial charge in [0.2, 0.25) is 5.88 Å². The maximum absolute atomic E-state index is 12.5. The molecule has 3 rings (SSSR count). The first-order chi connectivity index (χ1) is 13.3. The predicted octanol–water partition coefficient (Wildman–Crippen LogP) is 4.39. The van der Waals surface area contributed by atoms with E-state index in [-0.39, 0.29) is 23.0 Å². The van der Waals surface area contributed by atoms with Crippen LogP contribution in [0.5, 0.6) is 5.88 Å². The van der Waals surface area contributed by atoms with Gasteiger partial charge in [-0.2, -0.15) is 13.2 Å². The van der Waals surface area contributed by atoms with Gasteiger partial charge in [0.15, 0.2) is 12.4 Å². The zero-order chi connectivity index (χ0) is 20.1. The molecule has 0 aliphatic carbocycles. The number of benzene rings is 1. The molecule has 144 valence electrons. The average Bonchev–Trinajstić information content (AvgIpc) is 2.67. The maximum Gasteiger partial charge on any atom is 0.422 e. The van der Waals surface area contributed by atoms with Crippen LogP contribution in [0, 0.1) is 0 Å². The second-order valence-corrected chi connectivity index (χ2v) is 5.95. The molecule has 0 fully saturated rings. The molecule has 10 heteroatoms. The molecule has 2 heterocycles. The summed E-state index contributed by atoms with van der Waals surface area (Å²) in [5.74, 6) is -0.773. The highest BCUT2D eigenvalue weighted by Crippen LogP contribution is 2.29. The Balaban J connectivity index is 1.91. The minimum Gasteiger partial charge on any atom is -0.466 e. The van der Waals surface area contributed by atoms with Crippen molar-refractivity contribution in [2.24, 2.45) is 0 Å². The van der Waals surface area contributed by atoms with Crippen LogP contribution in [0.1, 0.15) is 10.4 Å². The molecule has 6 nitrogen and oxygen atoms in total. The summed E-state index contributed by atoms with van der Waals surface area (Å²) < 4.78 is 42.3. The van der Waals surface area contributed by atoms with Crippen molar-refractivity contribution in [2.45, 2.75) is 6.18 Å². The lowest BCUT2D eigenvalue weighted by molar-refractivity contribution is -0.154. The molecule has 0 bridgehead atoms. The van der Waals surface area contributed by atoms with E-state index in [0.717, 1.165) is 6.20 Å². The number of nitrogens with one attached hydrogen (secondary N) is 1. The van der Waals surface area contributed by atoms with Crippen LogP contribution >= 0.6 is 11.6 Å². The summed E-state index contributed by atoms with van der Waals surface area (Å²) in [6.07, 6.45) is -0.544. The van der Waals surface area contributed by atoms with Crippen molar-refractivity contribution >= 4 is 23.3 Å². The number of nitrogens with zero attached hydrogens (tertiary/aromatic N) is 3. The van der Waals surface area contributed by atoms with E-state index >= 15 is 0 Å². The van der Waals surface area contributed by atoms with Crippen molar-refractivity contribution < 1.29 is 22.7 Å². The SMILES string of the molecule is O=C(Nc1cnc(OCC(F)(F)F)c(-c2ccc(Cl)cc2)n1)c1cccnc1. The average molecular weight is 409 g/mol. The minimum atomic E-state index is -4.54. The van der Waals surface area contributed by atoms with Gasteiger partial charge in [0.25, 0.3) is 5.91 Å². The van der Waals surface area contributed by atoms with E-state index in [0.29, 0.717) is 10.6 Å². The quantitative estimate of drug-likeness (QED) is 0.677. The summed E-state index contributed by atoms with van der Waals surface area (Å²) >= 11 is 5.85. The third kappa shape index (κ3) is 5.17. The third-order valence-electron chi connectivity index (χ3n) is 3.39. The van der Waals surface area contributed by atoms with Gasteiger partial charge in [0.1, 0.15) is 5.69 Å². The summed E-state index contributed by atoms with van der Waals surface area (Å²) in [7, 11) is 0. The molecule has 0 atom stereocenters. The topological polar surface area (TPSA) is 77.0 Å². The number of ether oxygens (including phenoxy) is 1. The second kappa shape index (κ2) is 8.22. The van der Waals surface area contributed by atoms with Crippen LogP contribution in [-0.2, 0) is 0 Å². The number of hydrogen-bond donors (Lipinski definition) is 1. The lowest BCUT2D eigenvalue weighted by Gasteiger charge is -2.13. The van der Waals surface area contributed by atoms with Crippen LogP contribution in [0.15, 0.2) is 55.0 Å². The number of hydrogen-bond acceptors (Lipinski definition) is 5. The Morgan fingerprint density at radius 2 is 1.89 bits per heavy atom. The maximum atomic E-state index is 12.5. The van der Waals surface area contributed by atoms with Gasteiger partial charge in [-0.1, -0.05) is 23.7 Å². The molecule has 1 amide bonds. The van der Waals surface area contributed by atoms with Crippen molar-refractivity contribution in [3.05, 3.63) is 65.6 Å². The van der Waals surface area contributed by atoms with E-state index in [1.165, 1.54) is 12.4 Å². The number of amides is 1. The Morgan fingerprint density at radius 3 is 2.54 bits per heavy atom. The molecule has 0 saturated heterocycles. The van der Waals surface area contributed by atoms with Gasteiger partial charge in [-0.3, -0.25) is 9.78 Å². The van der Waals surface area contributed by atoms with Gasteiger partial charge < -0.3 is 10.1 Å². The molecule has 0 spiro atoms. The lowest BCUT2D eigenvalue weighted by Crippen LogP contribution is -2.20. The second-order valence-electron chi connectivity index (χ2n) is 5.52. The van der Waals surface area contributed by atoms with Gasteiger partial charge in [0.05, 0.1) is 11.8 Å². The zero-order valence-electron chi connectivity index (χ0n) is 14.1. The summed E-state index contributed by atoms with van der Waals surface area (Å²) in [5, 5.41) is 2.96. The smallest absolute Gasteiger partial charge is 0.422 e. The van der Waals surface area contributed by atoms with Crippen molar-refractivity contribution in [1.29, 1.82) is 0 Å².